The predicted octanol–water partition coefficient (Wildman–Crippen LogP) is 6.57. The highest BCUT2D eigenvalue weighted by molar-refractivity contribution is 7.23. The second-order valence-electron chi connectivity index (χ2n) is 12.7. The van der Waals surface area contributed by atoms with Crippen LogP contribution in [0.1, 0.15) is 50.2 Å². The van der Waals surface area contributed by atoms with Crippen LogP contribution in [0.25, 0.3) is 32.1 Å². The summed E-state index contributed by atoms with van der Waals surface area (Å²) in [6, 6.07) is 3.82. The van der Waals surface area contributed by atoms with E-state index >= 15 is 4.39 Å². The zero-order valence-corrected chi connectivity index (χ0v) is 26.0. The number of hydrogen-bond acceptors (Lipinski definition) is 9. The molecule has 1 unspecified atom stereocenters. The molecule has 0 spiro atoms. The van der Waals surface area contributed by atoms with Crippen molar-refractivity contribution in [2.24, 2.45) is 0 Å². The van der Waals surface area contributed by atoms with Crippen LogP contribution in [-0.4, -0.2) is 70.1 Å². The highest BCUT2D eigenvalue weighted by Gasteiger charge is 2.49. The minimum atomic E-state index is -5.09. The number of rotatable bonds is 5. The maximum Gasteiger partial charge on any atom is 0.417 e. The Morgan fingerprint density at radius 2 is 2.02 bits per heavy atom. The summed E-state index contributed by atoms with van der Waals surface area (Å²) < 4.78 is 96.7. The monoisotopic (exact) mass is 676 g/mol. The van der Waals surface area contributed by atoms with E-state index in [1.54, 1.807) is 11.8 Å². The topological polar surface area (TPSA) is 112 Å². The average Bonchev–Trinajstić information content (AvgIpc) is 3.65. The van der Waals surface area contributed by atoms with E-state index in [-0.39, 0.29) is 75.6 Å². The number of nitriles is 1. The van der Waals surface area contributed by atoms with Crippen molar-refractivity contribution in [1.82, 2.24) is 14.9 Å². The van der Waals surface area contributed by atoms with Gasteiger partial charge in [-0.1, -0.05) is 6.07 Å². The van der Waals surface area contributed by atoms with Crippen LogP contribution < -0.4 is 15.4 Å². The molecule has 0 aliphatic carbocycles. The Morgan fingerprint density at radius 1 is 1.23 bits per heavy atom. The summed E-state index contributed by atoms with van der Waals surface area (Å²) in [5, 5.41) is 19.4. The van der Waals surface area contributed by atoms with Crippen LogP contribution in [-0.2, 0) is 6.18 Å². The molecule has 5 heterocycles. The molecule has 2 aromatic heterocycles. The Kier molecular flexibility index (Phi) is 7.68. The summed E-state index contributed by atoms with van der Waals surface area (Å²) in [6.45, 7) is 2.96. The van der Waals surface area contributed by atoms with E-state index < -0.39 is 52.3 Å². The first kappa shape index (κ1) is 31.7. The Morgan fingerprint density at radius 3 is 2.74 bits per heavy atom. The standard InChI is InChI=1S/C32H30F6N6O2S/c1-15-9-17(45)5-8-44(15)29-19-10-21(32(36,37)38)24(18-3-4-22(34)27-23(18)20(12-39)28(40)47-27)25(35)26(19)41-30(42-29)46-14-31-6-2-7-43(31)13-16(33)11-31/h3-4,10,15-17,45H,2,5-9,11,13-14,40H2,1H3/t15-,16+,17?,31-/m0/s1. The fraction of sp³-hybridized carbons (Fsp3) is 0.469. The molecular weight excluding hydrogens is 646 g/mol. The first-order chi connectivity index (χ1) is 22.3. The molecule has 4 atom stereocenters. The van der Waals surface area contributed by atoms with Crippen molar-refractivity contribution in [3.63, 3.8) is 0 Å². The van der Waals surface area contributed by atoms with Crippen LogP contribution in [0.3, 0.4) is 0 Å². The zero-order valence-electron chi connectivity index (χ0n) is 25.2. The number of nitrogens with zero attached hydrogens (tertiary/aromatic N) is 5. The predicted molar refractivity (Wildman–Crippen MR) is 165 cm³/mol. The minimum absolute atomic E-state index is 0.0000393. The number of aliphatic hydroxyl groups is 1. The Balaban J connectivity index is 1.46. The van der Waals surface area contributed by atoms with E-state index in [2.05, 4.69) is 9.97 Å². The molecule has 3 N–H and O–H groups in total. The van der Waals surface area contributed by atoms with Crippen molar-refractivity contribution in [3.8, 4) is 23.2 Å². The summed E-state index contributed by atoms with van der Waals surface area (Å²) in [7, 11) is 0. The number of benzene rings is 2. The lowest BCUT2D eigenvalue weighted by molar-refractivity contribution is -0.137. The second kappa shape index (κ2) is 11.4. The van der Waals surface area contributed by atoms with Crippen molar-refractivity contribution in [2.45, 2.75) is 69.1 Å². The number of aromatic nitrogens is 2. The van der Waals surface area contributed by atoms with Gasteiger partial charge in [0.25, 0.3) is 0 Å². The Hall–Kier alpha value is -3.87. The number of ether oxygens (including phenoxy) is 1. The Bertz CT molecular complexity index is 1950. The number of halogens is 6. The quantitative estimate of drug-likeness (QED) is 0.229. The zero-order chi connectivity index (χ0) is 33.4. The number of hydrogen-bond donors (Lipinski definition) is 2. The van der Waals surface area contributed by atoms with Crippen LogP contribution in [0.2, 0.25) is 0 Å². The first-order valence-electron chi connectivity index (χ1n) is 15.3. The molecule has 47 heavy (non-hydrogen) atoms. The van der Waals surface area contributed by atoms with Gasteiger partial charge in [0.2, 0.25) is 0 Å². The van der Waals surface area contributed by atoms with Crippen LogP contribution >= 0.6 is 11.3 Å². The van der Waals surface area contributed by atoms with E-state index in [1.165, 1.54) is 0 Å². The van der Waals surface area contributed by atoms with Crippen LogP contribution in [0.4, 0.5) is 37.2 Å². The summed E-state index contributed by atoms with van der Waals surface area (Å²) in [4.78, 5) is 12.5. The lowest BCUT2D eigenvalue weighted by Gasteiger charge is -2.37. The van der Waals surface area contributed by atoms with Crippen molar-refractivity contribution >= 4 is 43.1 Å². The van der Waals surface area contributed by atoms with Gasteiger partial charge >= 0.3 is 12.2 Å². The molecule has 3 fully saturated rings. The third-order valence-corrected chi connectivity index (χ3v) is 10.8. The number of aliphatic hydroxyl groups excluding tert-OH is 1. The molecule has 0 amide bonds. The number of nitrogens with two attached hydrogens (primary N) is 1. The molecule has 0 bridgehead atoms. The van der Waals surface area contributed by atoms with Gasteiger partial charge < -0.3 is 20.5 Å². The van der Waals surface area contributed by atoms with Gasteiger partial charge in [-0.05, 0) is 56.8 Å². The molecular formula is C32H30F6N6O2S. The van der Waals surface area contributed by atoms with Gasteiger partial charge in [-0.3, -0.25) is 4.90 Å². The van der Waals surface area contributed by atoms with Gasteiger partial charge in [0, 0.05) is 41.9 Å². The SMILES string of the molecule is C[C@H]1CC(O)CCN1c1nc(OC[C@@]23CCCN2C[C@H](F)C3)nc2c(F)c(-c3ccc(F)c4sc(N)c(C#N)c34)c(C(F)(F)F)cc12. The molecule has 0 radical (unpaired) electrons. The van der Waals surface area contributed by atoms with E-state index in [0.717, 1.165) is 24.6 Å². The van der Waals surface area contributed by atoms with Crippen LogP contribution in [0.15, 0.2) is 18.2 Å². The molecule has 3 aliphatic heterocycles. The first-order valence-corrected chi connectivity index (χ1v) is 16.1. The summed E-state index contributed by atoms with van der Waals surface area (Å²) in [6.07, 6.45) is -4.39. The van der Waals surface area contributed by atoms with E-state index in [4.69, 9.17) is 10.5 Å². The highest BCUT2D eigenvalue weighted by Crippen LogP contribution is 2.48. The fourth-order valence-corrected chi connectivity index (χ4v) is 8.53. The van der Waals surface area contributed by atoms with E-state index in [9.17, 15) is 32.3 Å². The van der Waals surface area contributed by atoms with Gasteiger partial charge in [-0.25, -0.2) is 13.2 Å². The summed E-state index contributed by atoms with van der Waals surface area (Å²) in [5.74, 6) is -2.18. The third kappa shape index (κ3) is 5.21. The van der Waals surface area contributed by atoms with Crippen molar-refractivity contribution in [2.75, 3.05) is 36.9 Å². The molecule has 2 aromatic carbocycles. The Labute approximate surface area is 269 Å². The largest absolute Gasteiger partial charge is 0.461 e. The normalized spacial score (nSPS) is 25.1. The number of fused-ring (bicyclic) bond motifs is 3. The van der Waals surface area contributed by atoms with Gasteiger partial charge in [-0.2, -0.15) is 28.4 Å². The molecule has 8 nitrogen and oxygen atoms in total. The van der Waals surface area contributed by atoms with Gasteiger partial charge in [-0.15, -0.1) is 11.3 Å². The number of nitrogen functional groups attached to an aromatic ring is 1. The second-order valence-corrected chi connectivity index (χ2v) is 13.7. The molecule has 7 rings (SSSR count). The molecule has 248 valence electrons. The molecule has 3 aliphatic rings. The van der Waals surface area contributed by atoms with E-state index in [1.807, 2.05) is 11.0 Å². The van der Waals surface area contributed by atoms with Crippen LogP contribution in [0.5, 0.6) is 6.01 Å². The van der Waals surface area contributed by atoms with Crippen molar-refractivity contribution in [3.05, 3.63) is 41.0 Å². The lowest BCUT2D eigenvalue weighted by atomic mass is 9.92. The van der Waals surface area contributed by atoms with Gasteiger partial charge in [0.15, 0.2) is 5.82 Å². The fourth-order valence-electron chi connectivity index (χ4n) is 7.58. The maximum atomic E-state index is 16.9. The molecule has 0 saturated carbocycles. The number of alkyl halides is 4. The molecule has 4 aromatic rings. The summed E-state index contributed by atoms with van der Waals surface area (Å²) >= 11 is 0.685. The number of thiophene rings is 1. The van der Waals surface area contributed by atoms with E-state index in [0.29, 0.717) is 37.1 Å². The number of anilines is 2. The number of piperidine rings is 1. The smallest absolute Gasteiger partial charge is 0.417 e. The minimum Gasteiger partial charge on any atom is -0.461 e. The summed E-state index contributed by atoms with van der Waals surface area (Å²) in [5.41, 5.74) is 1.95. The average molecular weight is 677 g/mol. The van der Waals surface area contributed by atoms with Gasteiger partial charge in [0.1, 0.15) is 41.0 Å². The molecule has 3 saturated heterocycles. The van der Waals surface area contributed by atoms with Crippen molar-refractivity contribution < 1.29 is 36.2 Å². The highest BCUT2D eigenvalue weighted by atomic mass is 32.1. The third-order valence-electron chi connectivity index (χ3n) is 9.75. The maximum absolute atomic E-state index is 16.9. The van der Waals surface area contributed by atoms with Crippen LogP contribution in [0, 0.1) is 23.0 Å². The van der Waals surface area contributed by atoms with Gasteiger partial charge in [0.05, 0.1) is 27.5 Å². The molecule has 15 heteroatoms. The lowest BCUT2D eigenvalue weighted by Crippen LogP contribution is -2.44. The van der Waals surface area contributed by atoms with Crippen molar-refractivity contribution in [1.29, 1.82) is 5.26 Å².